The van der Waals surface area contributed by atoms with Gasteiger partial charge in [0.25, 0.3) is 6.43 Å². The molecule has 0 radical (unpaired) electrons. The van der Waals surface area contributed by atoms with E-state index in [0.29, 0.717) is 61.0 Å². The molecule has 9 nitrogen and oxygen atoms in total. The Hall–Kier alpha value is -4.69. The number of piperidine rings is 1. The van der Waals surface area contributed by atoms with E-state index in [0.717, 1.165) is 16.3 Å². The molecule has 0 bridgehead atoms. The SMILES string of the molecule is Cc1cc(Oc2ccccc2F)cc(F)c1-n1ncc(C(=O)C2=Cc3cc(OCC(F)F)c(C4CCN(S(=O)(=O)C5CC5)CC4)cc3C2)c1N. The summed E-state index contributed by atoms with van der Waals surface area (Å²) in [7, 11) is -3.32. The molecule has 7 rings (SSSR count). The quantitative estimate of drug-likeness (QED) is 0.132. The van der Waals surface area contributed by atoms with Gasteiger partial charge >= 0.3 is 0 Å². The summed E-state index contributed by atoms with van der Waals surface area (Å²) in [5, 5.41) is 3.91. The number of ether oxygens (including phenoxy) is 2. The summed E-state index contributed by atoms with van der Waals surface area (Å²) in [6, 6.07) is 11.8. The van der Waals surface area contributed by atoms with E-state index in [-0.39, 0.29) is 51.9 Å². The number of sulfonamides is 1. The van der Waals surface area contributed by atoms with Crippen molar-refractivity contribution in [2.24, 2.45) is 0 Å². The van der Waals surface area contributed by atoms with Crippen LogP contribution in [0.3, 0.4) is 0 Å². The van der Waals surface area contributed by atoms with Crippen LogP contribution >= 0.6 is 0 Å². The van der Waals surface area contributed by atoms with Crippen LogP contribution in [0.15, 0.2) is 60.3 Å². The van der Waals surface area contributed by atoms with E-state index in [4.69, 9.17) is 15.2 Å². The molecule has 4 aromatic rings. The Morgan fingerprint density at radius 3 is 2.44 bits per heavy atom. The van der Waals surface area contributed by atoms with Gasteiger partial charge in [0.1, 0.15) is 29.6 Å². The van der Waals surface area contributed by atoms with E-state index in [9.17, 15) is 26.4 Å². The minimum absolute atomic E-state index is 0.00689. The Morgan fingerprint density at radius 2 is 1.76 bits per heavy atom. The topological polar surface area (TPSA) is 117 Å². The first-order chi connectivity index (χ1) is 23.9. The lowest BCUT2D eigenvalue weighted by atomic mass is 9.87. The van der Waals surface area contributed by atoms with E-state index in [1.165, 1.54) is 34.8 Å². The fourth-order valence-corrected chi connectivity index (χ4v) is 8.58. The molecule has 14 heteroatoms. The number of carbonyl (C=O) groups is 1. The molecule has 1 saturated carbocycles. The molecule has 2 heterocycles. The van der Waals surface area contributed by atoms with Crippen LogP contribution in [0.25, 0.3) is 11.8 Å². The fourth-order valence-electron chi connectivity index (χ4n) is 6.70. The second kappa shape index (κ2) is 13.2. The summed E-state index contributed by atoms with van der Waals surface area (Å²) in [6.07, 6.45) is 2.82. The van der Waals surface area contributed by atoms with Crippen LogP contribution in [0.1, 0.15) is 64.2 Å². The monoisotopic (exact) mass is 710 g/mol. The van der Waals surface area contributed by atoms with Crippen molar-refractivity contribution < 1.29 is 40.2 Å². The zero-order valence-corrected chi connectivity index (χ0v) is 27.9. The second-order valence-corrected chi connectivity index (χ2v) is 15.1. The van der Waals surface area contributed by atoms with Crippen LogP contribution in [0.4, 0.5) is 23.4 Å². The van der Waals surface area contributed by atoms with Gasteiger partial charge in [-0.2, -0.15) is 5.10 Å². The molecule has 2 aliphatic carbocycles. The molecule has 50 heavy (non-hydrogen) atoms. The first-order valence-corrected chi connectivity index (χ1v) is 17.8. The molecular formula is C36H34F4N4O5S. The number of hydrogen-bond donors (Lipinski definition) is 1. The van der Waals surface area contributed by atoms with E-state index in [1.54, 1.807) is 25.1 Å². The molecular weight excluding hydrogens is 676 g/mol. The second-order valence-electron chi connectivity index (χ2n) is 12.8. The molecule has 0 spiro atoms. The van der Waals surface area contributed by atoms with E-state index >= 15 is 4.39 Å². The number of Topliss-reactive ketones (excluding diaryl/α,β-unsaturated/α-hetero) is 1. The van der Waals surface area contributed by atoms with E-state index in [2.05, 4.69) is 5.10 Å². The number of carbonyl (C=O) groups excluding carboxylic acids is 1. The van der Waals surface area contributed by atoms with Gasteiger partial charge in [-0.1, -0.05) is 18.2 Å². The first-order valence-electron chi connectivity index (χ1n) is 16.3. The van der Waals surface area contributed by atoms with Crippen molar-refractivity contribution in [2.45, 2.75) is 56.6 Å². The zero-order chi connectivity index (χ0) is 35.3. The van der Waals surface area contributed by atoms with Crippen molar-refractivity contribution in [3.63, 3.8) is 0 Å². The zero-order valence-electron chi connectivity index (χ0n) is 27.0. The van der Waals surface area contributed by atoms with Crippen molar-refractivity contribution in [3.05, 3.63) is 99.8 Å². The molecule has 262 valence electrons. The number of halogens is 4. The van der Waals surface area contributed by atoms with Gasteiger partial charge in [-0.15, -0.1) is 0 Å². The largest absolute Gasteiger partial charge is 0.487 e. The molecule has 0 atom stereocenters. The summed E-state index contributed by atoms with van der Waals surface area (Å²) in [5.74, 6) is -1.73. The van der Waals surface area contributed by atoms with Gasteiger partial charge < -0.3 is 15.2 Å². The summed E-state index contributed by atoms with van der Waals surface area (Å²) >= 11 is 0. The van der Waals surface area contributed by atoms with Gasteiger partial charge in [-0.05, 0) is 91.1 Å². The standard InChI is InChI=1S/C36H34F4N4O5S/c1-20-12-25(49-31-5-3-2-4-29(31)37)17-30(38)34(20)44-36(41)28(18-42-44)35(45)24-13-22-15-27(32(16-23(22)14-24)48-19-33(39)40)21-8-10-43(11-9-21)50(46,47)26-6-7-26/h2-5,12,14-18,21,26,33H,6-11,13,19,41H2,1H3. The van der Waals surface area contributed by atoms with Crippen molar-refractivity contribution in [3.8, 4) is 22.9 Å². The Kier molecular flexibility index (Phi) is 8.93. The molecule has 1 saturated heterocycles. The number of nitrogens with zero attached hydrogens (tertiary/aromatic N) is 3. The number of aromatic nitrogens is 2. The molecule has 2 N–H and O–H groups in total. The summed E-state index contributed by atoms with van der Waals surface area (Å²) in [4.78, 5) is 13.8. The number of aryl methyl sites for hydroxylation is 1. The van der Waals surface area contributed by atoms with Gasteiger partial charge in [-0.3, -0.25) is 4.79 Å². The van der Waals surface area contributed by atoms with Crippen LogP contribution in [0.5, 0.6) is 17.2 Å². The molecule has 0 amide bonds. The molecule has 3 aliphatic rings. The minimum Gasteiger partial charge on any atom is -0.487 e. The maximum absolute atomic E-state index is 15.5. The summed E-state index contributed by atoms with van der Waals surface area (Å²) in [6.45, 7) is 1.47. The van der Waals surface area contributed by atoms with Crippen LogP contribution in [0.2, 0.25) is 0 Å². The number of para-hydroxylation sites is 1. The van der Waals surface area contributed by atoms with Crippen LogP contribution in [0, 0.1) is 18.6 Å². The fraction of sp³-hybridized carbons (Fsp3) is 0.333. The number of allylic oxidation sites excluding steroid dienone is 1. The number of rotatable bonds is 11. The highest BCUT2D eigenvalue weighted by Gasteiger charge is 2.41. The van der Waals surface area contributed by atoms with Crippen LogP contribution in [-0.4, -0.2) is 59.7 Å². The summed E-state index contributed by atoms with van der Waals surface area (Å²) in [5.41, 5.74) is 9.29. The Morgan fingerprint density at radius 1 is 1.02 bits per heavy atom. The molecule has 2 fully saturated rings. The Bertz CT molecular complexity index is 2100. The lowest BCUT2D eigenvalue weighted by Gasteiger charge is -2.32. The predicted octanol–water partition coefficient (Wildman–Crippen LogP) is 6.97. The third-order valence-electron chi connectivity index (χ3n) is 9.39. The van der Waals surface area contributed by atoms with Gasteiger partial charge in [0.15, 0.2) is 23.2 Å². The normalized spacial score (nSPS) is 16.8. The molecule has 1 aliphatic heterocycles. The Labute approximate surface area is 286 Å². The third-order valence-corrected chi connectivity index (χ3v) is 11.8. The number of nitrogen functional groups attached to an aromatic ring is 1. The maximum Gasteiger partial charge on any atom is 0.272 e. The van der Waals surface area contributed by atoms with Gasteiger partial charge in [-0.25, -0.2) is 35.0 Å². The number of benzene rings is 3. The maximum atomic E-state index is 15.5. The number of fused-ring (bicyclic) bond motifs is 1. The van der Waals surface area contributed by atoms with Gasteiger partial charge in [0, 0.05) is 31.1 Å². The molecule has 3 aromatic carbocycles. The van der Waals surface area contributed by atoms with Gasteiger partial charge in [0.2, 0.25) is 10.0 Å². The average Bonchev–Trinajstić information content (AvgIpc) is 3.77. The van der Waals surface area contributed by atoms with Gasteiger partial charge in [0.05, 0.1) is 17.0 Å². The number of hydrogen-bond acceptors (Lipinski definition) is 7. The lowest BCUT2D eigenvalue weighted by molar-refractivity contribution is 0.0810. The number of ketones is 1. The highest BCUT2D eigenvalue weighted by molar-refractivity contribution is 7.90. The number of anilines is 1. The summed E-state index contributed by atoms with van der Waals surface area (Å²) < 4.78 is 95.2. The van der Waals surface area contributed by atoms with Crippen molar-refractivity contribution in [1.29, 1.82) is 0 Å². The van der Waals surface area contributed by atoms with E-state index in [1.807, 2.05) is 6.07 Å². The Balaban J connectivity index is 1.11. The van der Waals surface area contributed by atoms with Crippen molar-refractivity contribution in [2.75, 3.05) is 25.4 Å². The number of alkyl halides is 2. The lowest BCUT2D eigenvalue weighted by Crippen LogP contribution is -2.39. The van der Waals surface area contributed by atoms with Crippen LogP contribution < -0.4 is 15.2 Å². The predicted molar refractivity (Wildman–Crippen MR) is 179 cm³/mol. The van der Waals surface area contributed by atoms with Crippen LogP contribution in [-0.2, 0) is 16.4 Å². The third kappa shape index (κ3) is 6.49. The molecule has 1 aromatic heterocycles. The first kappa shape index (κ1) is 33.8. The van der Waals surface area contributed by atoms with Crippen molar-refractivity contribution >= 4 is 27.7 Å². The number of nitrogens with two attached hydrogens (primary N) is 1. The van der Waals surface area contributed by atoms with Crippen molar-refractivity contribution in [1.82, 2.24) is 14.1 Å². The highest BCUT2D eigenvalue weighted by atomic mass is 32.2. The van der Waals surface area contributed by atoms with E-state index < -0.39 is 40.5 Å². The highest BCUT2D eigenvalue weighted by Crippen LogP contribution is 2.42. The smallest absolute Gasteiger partial charge is 0.272 e. The average molecular weight is 711 g/mol. The minimum atomic E-state index is -3.32. The molecule has 0 unspecified atom stereocenters.